The summed E-state index contributed by atoms with van der Waals surface area (Å²) in [6, 6.07) is 22.8. The SMILES string of the molecule is NC(=O)c1cccc(OCC(=O)Nc2ccc(Oc3ccccc3)cc2)c1. The number of benzene rings is 3. The minimum Gasteiger partial charge on any atom is -0.484 e. The molecule has 3 aromatic carbocycles. The van der Waals surface area contributed by atoms with Gasteiger partial charge in [-0.2, -0.15) is 0 Å². The molecule has 0 aliphatic carbocycles. The summed E-state index contributed by atoms with van der Waals surface area (Å²) in [5.74, 6) is 0.923. The van der Waals surface area contributed by atoms with Crippen LogP contribution in [-0.4, -0.2) is 18.4 Å². The monoisotopic (exact) mass is 362 g/mol. The predicted molar refractivity (Wildman–Crippen MR) is 102 cm³/mol. The molecule has 3 N–H and O–H groups in total. The van der Waals surface area contributed by atoms with E-state index in [2.05, 4.69) is 5.32 Å². The summed E-state index contributed by atoms with van der Waals surface area (Å²) in [5.41, 5.74) is 6.16. The smallest absolute Gasteiger partial charge is 0.262 e. The van der Waals surface area contributed by atoms with Crippen LogP contribution in [0.5, 0.6) is 17.2 Å². The van der Waals surface area contributed by atoms with Gasteiger partial charge in [-0.3, -0.25) is 9.59 Å². The van der Waals surface area contributed by atoms with Gasteiger partial charge in [0.1, 0.15) is 17.2 Å². The van der Waals surface area contributed by atoms with Crippen LogP contribution in [0.25, 0.3) is 0 Å². The Kier molecular flexibility index (Phi) is 5.69. The van der Waals surface area contributed by atoms with Gasteiger partial charge in [0, 0.05) is 11.3 Å². The predicted octanol–water partition coefficient (Wildman–Crippen LogP) is 3.60. The fourth-order valence-electron chi connectivity index (χ4n) is 2.32. The highest BCUT2D eigenvalue weighted by Gasteiger charge is 2.06. The summed E-state index contributed by atoms with van der Waals surface area (Å²) >= 11 is 0. The normalized spacial score (nSPS) is 10.1. The summed E-state index contributed by atoms with van der Waals surface area (Å²) in [6.07, 6.45) is 0. The van der Waals surface area contributed by atoms with Crippen LogP contribution in [0.4, 0.5) is 5.69 Å². The van der Waals surface area contributed by atoms with E-state index in [-0.39, 0.29) is 12.5 Å². The molecule has 2 amide bonds. The van der Waals surface area contributed by atoms with Crippen molar-refractivity contribution in [3.63, 3.8) is 0 Å². The third-order valence-electron chi connectivity index (χ3n) is 3.61. The summed E-state index contributed by atoms with van der Waals surface area (Å²) in [7, 11) is 0. The number of amides is 2. The van der Waals surface area contributed by atoms with Crippen LogP contribution in [0.1, 0.15) is 10.4 Å². The van der Waals surface area contributed by atoms with E-state index in [0.717, 1.165) is 5.75 Å². The van der Waals surface area contributed by atoms with E-state index in [1.165, 1.54) is 6.07 Å². The third-order valence-corrected chi connectivity index (χ3v) is 3.61. The lowest BCUT2D eigenvalue weighted by atomic mass is 10.2. The zero-order valence-electron chi connectivity index (χ0n) is 14.4. The molecule has 0 aromatic heterocycles. The van der Waals surface area contributed by atoms with E-state index in [0.29, 0.717) is 22.7 Å². The lowest BCUT2D eigenvalue weighted by molar-refractivity contribution is -0.118. The number of hydrogen-bond donors (Lipinski definition) is 2. The first-order valence-corrected chi connectivity index (χ1v) is 8.25. The van der Waals surface area contributed by atoms with Crippen LogP contribution >= 0.6 is 0 Å². The number of carbonyl (C=O) groups excluding carboxylic acids is 2. The lowest BCUT2D eigenvalue weighted by Gasteiger charge is -2.09. The molecule has 0 bridgehead atoms. The molecule has 0 unspecified atom stereocenters. The number of ether oxygens (including phenoxy) is 2. The molecule has 3 rings (SSSR count). The molecule has 0 saturated heterocycles. The van der Waals surface area contributed by atoms with Gasteiger partial charge in [-0.15, -0.1) is 0 Å². The average molecular weight is 362 g/mol. The number of nitrogens with one attached hydrogen (secondary N) is 1. The second kappa shape index (κ2) is 8.53. The van der Waals surface area contributed by atoms with Crippen molar-refractivity contribution in [2.75, 3.05) is 11.9 Å². The molecule has 0 atom stereocenters. The molecule has 0 radical (unpaired) electrons. The summed E-state index contributed by atoms with van der Waals surface area (Å²) < 4.78 is 11.1. The number of anilines is 1. The minimum absolute atomic E-state index is 0.190. The molecule has 0 spiro atoms. The van der Waals surface area contributed by atoms with E-state index in [1.54, 1.807) is 42.5 Å². The Balaban J connectivity index is 1.52. The number of hydrogen-bond acceptors (Lipinski definition) is 4. The first-order chi connectivity index (χ1) is 13.1. The minimum atomic E-state index is -0.553. The topological polar surface area (TPSA) is 90.7 Å². The number of rotatable bonds is 7. The van der Waals surface area contributed by atoms with Crippen molar-refractivity contribution >= 4 is 17.5 Å². The molecule has 0 fully saturated rings. The molecule has 0 saturated carbocycles. The Hall–Kier alpha value is -3.80. The average Bonchev–Trinajstić information content (AvgIpc) is 2.69. The molecule has 0 aliphatic heterocycles. The largest absolute Gasteiger partial charge is 0.484 e. The van der Waals surface area contributed by atoms with Gasteiger partial charge in [0.05, 0.1) is 0 Å². The van der Waals surface area contributed by atoms with Gasteiger partial charge >= 0.3 is 0 Å². The van der Waals surface area contributed by atoms with E-state index in [4.69, 9.17) is 15.2 Å². The van der Waals surface area contributed by atoms with Crippen molar-refractivity contribution < 1.29 is 19.1 Å². The quantitative estimate of drug-likeness (QED) is 0.672. The highest BCUT2D eigenvalue weighted by atomic mass is 16.5. The second-order valence-electron chi connectivity index (χ2n) is 5.67. The maximum Gasteiger partial charge on any atom is 0.262 e. The lowest BCUT2D eigenvalue weighted by Crippen LogP contribution is -2.20. The van der Waals surface area contributed by atoms with Crippen molar-refractivity contribution in [2.24, 2.45) is 5.73 Å². The van der Waals surface area contributed by atoms with Crippen LogP contribution in [0.15, 0.2) is 78.9 Å². The number of para-hydroxylation sites is 1. The Morgan fingerprint density at radius 3 is 2.19 bits per heavy atom. The van der Waals surface area contributed by atoms with E-state index >= 15 is 0 Å². The Morgan fingerprint density at radius 1 is 0.815 bits per heavy atom. The second-order valence-corrected chi connectivity index (χ2v) is 5.67. The van der Waals surface area contributed by atoms with Crippen molar-refractivity contribution in [3.8, 4) is 17.2 Å². The van der Waals surface area contributed by atoms with Gasteiger partial charge in [0.15, 0.2) is 6.61 Å². The van der Waals surface area contributed by atoms with Crippen LogP contribution in [0.2, 0.25) is 0 Å². The summed E-state index contributed by atoms with van der Waals surface area (Å²) in [4.78, 5) is 23.2. The van der Waals surface area contributed by atoms with Crippen LogP contribution in [0, 0.1) is 0 Å². The van der Waals surface area contributed by atoms with Gasteiger partial charge in [-0.1, -0.05) is 24.3 Å². The highest BCUT2D eigenvalue weighted by molar-refractivity contribution is 5.93. The number of nitrogens with two attached hydrogens (primary N) is 1. The van der Waals surface area contributed by atoms with E-state index in [1.807, 2.05) is 30.3 Å². The maximum absolute atomic E-state index is 12.0. The molecular formula is C21H18N2O4. The zero-order valence-corrected chi connectivity index (χ0v) is 14.4. The molecule has 0 aliphatic rings. The first kappa shape index (κ1) is 18.0. The standard InChI is InChI=1S/C21H18N2O4/c22-21(25)15-5-4-8-19(13-15)26-14-20(24)23-16-9-11-18(12-10-16)27-17-6-2-1-3-7-17/h1-13H,14H2,(H2,22,25)(H,23,24). The van der Waals surface area contributed by atoms with E-state index in [9.17, 15) is 9.59 Å². The fraction of sp³-hybridized carbons (Fsp3) is 0.0476. The van der Waals surface area contributed by atoms with Crippen LogP contribution in [0.3, 0.4) is 0 Å². The van der Waals surface area contributed by atoms with Gasteiger partial charge in [-0.25, -0.2) is 0 Å². The zero-order chi connectivity index (χ0) is 19.1. The van der Waals surface area contributed by atoms with Crippen molar-refractivity contribution in [3.05, 3.63) is 84.4 Å². The van der Waals surface area contributed by atoms with Gasteiger partial charge in [0.2, 0.25) is 5.91 Å². The molecule has 27 heavy (non-hydrogen) atoms. The van der Waals surface area contributed by atoms with Crippen LogP contribution < -0.4 is 20.5 Å². The molecule has 6 nitrogen and oxygen atoms in total. The van der Waals surface area contributed by atoms with Gasteiger partial charge in [0.25, 0.3) is 5.91 Å². The van der Waals surface area contributed by atoms with Crippen molar-refractivity contribution in [2.45, 2.75) is 0 Å². The van der Waals surface area contributed by atoms with Crippen molar-refractivity contribution in [1.29, 1.82) is 0 Å². The number of carbonyl (C=O) groups is 2. The Bertz CT molecular complexity index is 924. The van der Waals surface area contributed by atoms with E-state index < -0.39 is 5.91 Å². The van der Waals surface area contributed by atoms with Crippen LogP contribution in [-0.2, 0) is 4.79 Å². The Labute approximate surface area is 156 Å². The summed E-state index contributed by atoms with van der Waals surface area (Å²) in [6.45, 7) is -0.190. The van der Waals surface area contributed by atoms with Gasteiger partial charge in [-0.05, 0) is 54.6 Å². The van der Waals surface area contributed by atoms with Crippen molar-refractivity contribution in [1.82, 2.24) is 0 Å². The molecule has 6 heteroatoms. The maximum atomic E-state index is 12.0. The van der Waals surface area contributed by atoms with Gasteiger partial charge < -0.3 is 20.5 Å². The Morgan fingerprint density at radius 2 is 1.48 bits per heavy atom. The summed E-state index contributed by atoms with van der Waals surface area (Å²) in [5, 5.41) is 2.73. The number of primary amides is 1. The first-order valence-electron chi connectivity index (χ1n) is 8.25. The highest BCUT2D eigenvalue weighted by Crippen LogP contribution is 2.22. The molecule has 3 aromatic rings. The molecular weight excluding hydrogens is 344 g/mol. The molecule has 0 heterocycles. The fourth-order valence-corrected chi connectivity index (χ4v) is 2.32. The third kappa shape index (κ3) is 5.34. The molecule has 136 valence electrons.